The van der Waals surface area contributed by atoms with E-state index in [0.29, 0.717) is 5.88 Å². The maximum absolute atomic E-state index is 6.15. The van der Waals surface area contributed by atoms with Crippen molar-refractivity contribution in [1.82, 2.24) is 9.97 Å². The van der Waals surface area contributed by atoms with Crippen LogP contribution in [-0.4, -0.2) is 9.97 Å². The van der Waals surface area contributed by atoms with Gasteiger partial charge in [0.1, 0.15) is 5.75 Å². The van der Waals surface area contributed by atoms with Crippen LogP contribution in [0.15, 0.2) is 42.5 Å². The Kier molecular flexibility index (Phi) is 3.28. The first-order valence-electron chi connectivity index (χ1n) is 6.31. The Labute approximate surface area is 122 Å². The van der Waals surface area contributed by atoms with Gasteiger partial charge in [-0.1, -0.05) is 35.9 Å². The molecule has 0 aliphatic rings. The Bertz CT molecular complexity index is 787. The second kappa shape index (κ2) is 5.10. The Balaban J connectivity index is 2.06. The largest absolute Gasteiger partial charge is 0.436 e. The Hall–Kier alpha value is -2.13. The first-order valence-corrected chi connectivity index (χ1v) is 6.69. The van der Waals surface area contributed by atoms with Crippen molar-refractivity contribution in [2.75, 3.05) is 0 Å². The average molecular weight is 285 g/mol. The minimum atomic E-state index is 0.268. The number of hydrogen-bond donors (Lipinski definition) is 0. The van der Waals surface area contributed by atoms with Crippen LogP contribution in [0.2, 0.25) is 5.15 Å². The lowest BCUT2D eigenvalue weighted by Gasteiger charge is -2.11. The van der Waals surface area contributed by atoms with E-state index in [-0.39, 0.29) is 5.15 Å². The highest BCUT2D eigenvalue weighted by atomic mass is 35.5. The van der Waals surface area contributed by atoms with Crippen LogP contribution in [0, 0.1) is 13.8 Å². The van der Waals surface area contributed by atoms with Crippen molar-refractivity contribution >= 4 is 22.6 Å². The van der Waals surface area contributed by atoms with Gasteiger partial charge in [-0.25, -0.2) is 9.97 Å². The van der Waals surface area contributed by atoms with Crippen molar-refractivity contribution in [2.24, 2.45) is 0 Å². The third-order valence-electron chi connectivity index (χ3n) is 3.26. The molecule has 0 amide bonds. The van der Waals surface area contributed by atoms with E-state index in [1.54, 1.807) is 0 Å². The van der Waals surface area contributed by atoms with E-state index in [1.807, 2.05) is 56.3 Å². The average Bonchev–Trinajstić information content (AvgIpc) is 2.44. The van der Waals surface area contributed by atoms with E-state index < -0.39 is 0 Å². The van der Waals surface area contributed by atoms with Crippen molar-refractivity contribution in [3.63, 3.8) is 0 Å². The summed E-state index contributed by atoms with van der Waals surface area (Å²) in [7, 11) is 0. The van der Waals surface area contributed by atoms with Crippen molar-refractivity contribution in [2.45, 2.75) is 13.8 Å². The fourth-order valence-corrected chi connectivity index (χ4v) is 2.14. The summed E-state index contributed by atoms with van der Waals surface area (Å²) < 4.78 is 5.82. The molecule has 0 saturated heterocycles. The molecule has 1 aromatic heterocycles. The van der Waals surface area contributed by atoms with Gasteiger partial charge in [0.15, 0.2) is 5.15 Å². The third-order valence-corrected chi connectivity index (χ3v) is 3.51. The zero-order valence-electron chi connectivity index (χ0n) is 11.2. The van der Waals surface area contributed by atoms with Gasteiger partial charge in [0.05, 0.1) is 11.0 Å². The molecule has 0 radical (unpaired) electrons. The third kappa shape index (κ3) is 2.32. The molecular formula is C16H13ClN2O. The second-order valence-electron chi connectivity index (χ2n) is 4.61. The standard InChI is InChI=1S/C16H13ClN2O/c1-10-6-5-9-14(11(10)2)20-16-15(17)18-12-7-3-4-8-13(12)19-16/h3-9H,1-2H3. The molecule has 0 spiro atoms. The molecule has 100 valence electrons. The molecule has 0 bridgehead atoms. The number of benzene rings is 2. The number of fused-ring (bicyclic) bond motifs is 1. The molecule has 0 saturated carbocycles. The summed E-state index contributed by atoms with van der Waals surface area (Å²) >= 11 is 6.15. The van der Waals surface area contributed by atoms with E-state index in [1.165, 1.54) is 0 Å². The lowest BCUT2D eigenvalue weighted by atomic mass is 10.1. The number of rotatable bonds is 2. The van der Waals surface area contributed by atoms with Crippen LogP contribution in [0.4, 0.5) is 0 Å². The molecule has 1 heterocycles. The van der Waals surface area contributed by atoms with Gasteiger partial charge in [0, 0.05) is 0 Å². The molecule has 0 fully saturated rings. The van der Waals surface area contributed by atoms with Gasteiger partial charge < -0.3 is 4.74 Å². The van der Waals surface area contributed by atoms with Crippen LogP contribution in [-0.2, 0) is 0 Å². The van der Waals surface area contributed by atoms with Crippen LogP contribution in [0.1, 0.15) is 11.1 Å². The van der Waals surface area contributed by atoms with E-state index in [0.717, 1.165) is 27.9 Å². The fourth-order valence-electron chi connectivity index (χ4n) is 1.97. The van der Waals surface area contributed by atoms with Gasteiger partial charge in [0.2, 0.25) is 0 Å². The van der Waals surface area contributed by atoms with Crippen LogP contribution < -0.4 is 4.74 Å². The topological polar surface area (TPSA) is 35.0 Å². The lowest BCUT2D eigenvalue weighted by molar-refractivity contribution is 0.459. The summed E-state index contributed by atoms with van der Waals surface area (Å²) in [5, 5.41) is 0.268. The monoisotopic (exact) mass is 284 g/mol. The highest BCUT2D eigenvalue weighted by Gasteiger charge is 2.11. The molecular weight excluding hydrogens is 272 g/mol. The van der Waals surface area contributed by atoms with Crippen LogP contribution >= 0.6 is 11.6 Å². The quantitative estimate of drug-likeness (QED) is 0.684. The molecule has 0 unspecified atom stereocenters. The summed E-state index contributed by atoms with van der Waals surface area (Å²) in [5.74, 6) is 1.08. The van der Waals surface area contributed by atoms with E-state index in [9.17, 15) is 0 Å². The van der Waals surface area contributed by atoms with Gasteiger partial charge in [-0.2, -0.15) is 0 Å². The predicted molar refractivity (Wildman–Crippen MR) is 80.5 cm³/mol. The number of aryl methyl sites for hydroxylation is 1. The zero-order valence-corrected chi connectivity index (χ0v) is 12.0. The minimum Gasteiger partial charge on any atom is -0.436 e. The van der Waals surface area contributed by atoms with E-state index in [4.69, 9.17) is 16.3 Å². The van der Waals surface area contributed by atoms with Crippen molar-refractivity contribution in [1.29, 1.82) is 0 Å². The number of ether oxygens (including phenoxy) is 1. The molecule has 3 aromatic rings. The zero-order chi connectivity index (χ0) is 14.1. The summed E-state index contributed by atoms with van der Waals surface area (Å²) in [6, 6.07) is 13.4. The van der Waals surface area contributed by atoms with Gasteiger partial charge >= 0.3 is 0 Å². The molecule has 4 heteroatoms. The van der Waals surface area contributed by atoms with Gasteiger partial charge in [0.25, 0.3) is 5.88 Å². The molecule has 0 N–H and O–H groups in total. The van der Waals surface area contributed by atoms with E-state index >= 15 is 0 Å². The lowest BCUT2D eigenvalue weighted by Crippen LogP contribution is -1.95. The first kappa shape index (κ1) is 12.9. The van der Waals surface area contributed by atoms with Crippen LogP contribution in [0.3, 0.4) is 0 Å². The van der Waals surface area contributed by atoms with Crippen LogP contribution in [0.5, 0.6) is 11.6 Å². The molecule has 0 aliphatic heterocycles. The van der Waals surface area contributed by atoms with Crippen molar-refractivity contribution in [3.8, 4) is 11.6 Å². The van der Waals surface area contributed by atoms with Crippen LogP contribution in [0.25, 0.3) is 11.0 Å². The second-order valence-corrected chi connectivity index (χ2v) is 4.97. The smallest absolute Gasteiger partial charge is 0.258 e. The van der Waals surface area contributed by atoms with E-state index in [2.05, 4.69) is 9.97 Å². The maximum Gasteiger partial charge on any atom is 0.258 e. The highest BCUT2D eigenvalue weighted by molar-refractivity contribution is 6.31. The van der Waals surface area contributed by atoms with Gasteiger partial charge in [-0.15, -0.1) is 0 Å². The summed E-state index contributed by atoms with van der Waals surface area (Å²) in [6.07, 6.45) is 0. The summed E-state index contributed by atoms with van der Waals surface area (Å²) in [5.41, 5.74) is 3.74. The normalized spacial score (nSPS) is 10.8. The van der Waals surface area contributed by atoms with Gasteiger partial charge in [-0.3, -0.25) is 0 Å². The predicted octanol–water partition coefficient (Wildman–Crippen LogP) is 4.69. The summed E-state index contributed by atoms with van der Waals surface area (Å²) in [4.78, 5) is 8.73. The number of halogens is 1. The number of hydrogen-bond acceptors (Lipinski definition) is 3. The van der Waals surface area contributed by atoms with Crippen molar-refractivity contribution in [3.05, 3.63) is 58.7 Å². The van der Waals surface area contributed by atoms with Gasteiger partial charge in [-0.05, 0) is 43.2 Å². The molecule has 20 heavy (non-hydrogen) atoms. The van der Waals surface area contributed by atoms with Crippen molar-refractivity contribution < 1.29 is 4.74 Å². The number of nitrogens with zero attached hydrogens (tertiary/aromatic N) is 2. The Morgan fingerprint density at radius 2 is 1.60 bits per heavy atom. The molecule has 0 aliphatic carbocycles. The summed E-state index contributed by atoms with van der Waals surface area (Å²) in [6.45, 7) is 4.04. The SMILES string of the molecule is Cc1cccc(Oc2nc3ccccc3nc2Cl)c1C. The molecule has 0 atom stereocenters. The Morgan fingerprint density at radius 1 is 0.900 bits per heavy atom. The Morgan fingerprint density at radius 3 is 2.35 bits per heavy atom. The minimum absolute atomic E-state index is 0.268. The molecule has 3 nitrogen and oxygen atoms in total. The fraction of sp³-hybridized carbons (Fsp3) is 0.125. The molecule has 3 rings (SSSR count). The first-order chi connectivity index (χ1) is 9.65. The highest BCUT2D eigenvalue weighted by Crippen LogP contribution is 2.30. The molecule has 2 aromatic carbocycles. The number of para-hydroxylation sites is 2. The number of aromatic nitrogens is 2. The maximum atomic E-state index is 6.15.